The van der Waals surface area contributed by atoms with E-state index in [0.717, 1.165) is 0 Å². The zero-order valence-electron chi connectivity index (χ0n) is 23.2. The van der Waals surface area contributed by atoms with Crippen LogP contribution in [0.4, 0.5) is 0 Å². The third-order valence-corrected chi connectivity index (χ3v) is 16.9. The first-order chi connectivity index (χ1) is 15.0. The zero-order chi connectivity index (χ0) is 23.3. The molecule has 0 heterocycles. The highest BCUT2D eigenvalue weighted by Crippen LogP contribution is 2.61. The molecule has 0 amide bonds. The number of rotatable bonds is 24. The standard InChI is InChI=1S/C29H64P2/c1-7-12-23-30(6,24-13-8-2)25-21-19-17-18-20-22-29-31(26-14-9-3,27-15-10-4)28-16-11-5/h7-29H2,1-6H3/q+2. The van der Waals surface area contributed by atoms with Crippen molar-refractivity contribution in [3.05, 3.63) is 0 Å². The van der Waals surface area contributed by atoms with Gasteiger partial charge in [-0.05, 0) is 57.8 Å². The first-order valence-corrected chi connectivity index (χ1v) is 20.0. The summed E-state index contributed by atoms with van der Waals surface area (Å²) in [6.45, 7) is 14.6. The largest absolute Gasteiger partial charge is 0.0652 e. The van der Waals surface area contributed by atoms with Crippen LogP contribution in [0.1, 0.15) is 137 Å². The van der Waals surface area contributed by atoms with Gasteiger partial charge in [-0.25, -0.2) is 0 Å². The Morgan fingerprint density at radius 2 is 0.581 bits per heavy atom. The Balaban J connectivity index is 4.25. The maximum Gasteiger partial charge on any atom is 0.0594 e. The molecule has 188 valence electrons. The third kappa shape index (κ3) is 17.0. The molecule has 0 aliphatic heterocycles. The second-order valence-corrected chi connectivity index (χ2v) is 20.0. The summed E-state index contributed by atoms with van der Waals surface area (Å²) in [5.74, 6) is 0. The molecule has 0 saturated heterocycles. The number of hydrogen-bond acceptors (Lipinski definition) is 0. The van der Waals surface area contributed by atoms with Crippen LogP contribution < -0.4 is 0 Å². The van der Waals surface area contributed by atoms with Crippen LogP contribution in [0.2, 0.25) is 0 Å². The maximum atomic E-state index is 2.70. The molecular formula is C29H64P2+2. The van der Waals surface area contributed by atoms with E-state index in [2.05, 4.69) is 41.3 Å². The number of unbranched alkanes of at least 4 members (excludes halogenated alkanes) is 10. The molecule has 0 atom stereocenters. The summed E-state index contributed by atoms with van der Waals surface area (Å²) in [4.78, 5) is 0. The molecule has 0 fully saturated rings. The first-order valence-electron chi connectivity index (χ1n) is 14.7. The Hall–Kier alpha value is 0.860. The highest BCUT2D eigenvalue weighted by molar-refractivity contribution is 7.76. The summed E-state index contributed by atoms with van der Waals surface area (Å²) in [5, 5.41) is 0. The Kier molecular flexibility index (Phi) is 22.0. The average molecular weight is 475 g/mol. The van der Waals surface area contributed by atoms with Crippen molar-refractivity contribution >= 4 is 14.5 Å². The molecule has 2 heteroatoms. The summed E-state index contributed by atoms with van der Waals surface area (Å²) in [6.07, 6.45) is 34.8. The van der Waals surface area contributed by atoms with Crippen LogP contribution in [0.25, 0.3) is 0 Å². The fraction of sp³-hybridized carbons (Fsp3) is 1.00. The Bertz CT molecular complexity index is 336. The third-order valence-electron chi connectivity index (χ3n) is 7.64. The van der Waals surface area contributed by atoms with Gasteiger partial charge in [0.05, 0.1) is 43.1 Å². The van der Waals surface area contributed by atoms with Gasteiger partial charge >= 0.3 is 0 Å². The van der Waals surface area contributed by atoms with Gasteiger partial charge in [0.25, 0.3) is 0 Å². The second kappa shape index (κ2) is 21.4. The van der Waals surface area contributed by atoms with E-state index in [1.807, 2.05) is 0 Å². The van der Waals surface area contributed by atoms with Gasteiger partial charge in [-0.15, -0.1) is 0 Å². The molecule has 0 aromatic heterocycles. The summed E-state index contributed by atoms with van der Waals surface area (Å²) in [7, 11) is -1.26. The molecule has 0 saturated carbocycles. The molecule has 0 rings (SSSR count). The predicted octanol–water partition coefficient (Wildman–Crippen LogP) is 11.0. The lowest BCUT2D eigenvalue weighted by Gasteiger charge is -2.28. The normalized spacial score (nSPS) is 12.6. The van der Waals surface area contributed by atoms with Gasteiger partial charge in [-0.2, -0.15) is 0 Å². The van der Waals surface area contributed by atoms with Gasteiger partial charge in [0, 0.05) is 21.2 Å². The lowest BCUT2D eigenvalue weighted by molar-refractivity contribution is 0.625. The predicted molar refractivity (Wildman–Crippen MR) is 156 cm³/mol. The lowest BCUT2D eigenvalue weighted by Crippen LogP contribution is -2.13. The minimum absolute atomic E-state index is 0.614. The second-order valence-electron chi connectivity index (χ2n) is 10.9. The van der Waals surface area contributed by atoms with Crippen LogP contribution in [-0.2, 0) is 0 Å². The SMILES string of the molecule is CCCC[P+](C)(CCCC)CCCCCCCC[P+](CCCC)(CCCC)CCCC. The van der Waals surface area contributed by atoms with Crippen LogP contribution in [0.5, 0.6) is 0 Å². The van der Waals surface area contributed by atoms with Crippen LogP contribution in [0.3, 0.4) is 0 Å². The van der Waals surface area contributed by atoms with E-state index in [0.29, 0.717) is 0 Å². The minimum atomic E-state index is -0.647. The van der Waals surface area contributed by atoms with Crippen molar-refractivity contribution < 1.29 is 0 Å². The van der Waals surface area contributed by atoms with E-state index in [1.54, 1.807) is 49.6 Å². The van der Waals surface area contributed by atoms with Gasteiger partial charge in [0.2, 0.25) is 0 Å². The van der Waals surface area contributed by atoms with Crippen molar-refractivity contribution in [3.8, 4) is 0 Å². The van der Waals surface area contributed by atoms with Gasteiger partial charge in [-0.3, -0.25) is 0 Å². The van der Waals surface area contributed by atoms with Gasteiger partial charge in [0.1, 0.15) is 0 Å². The molecule has 0 aromatic carbocycles. The first kappa shape index (κ1) is 31.9. The molecule has 0 aliphatic rings. The van der Waals surface area contributed by atoms with Crippen molar-refractivity contribution in [3.63, 3.8) is 0 Å². The summed E-state index contributed by atoms with van der Waals surface area (Å²) in [6, 6.07) is 0. The zero-order valence-corrected chi connectivity index (χ0v) is 24.9. The van der Waals surface area contributed by atoms with E-state index in [1.165, 1.54) is 96.3 Å². The molecule has 0 bridgehead atoms. The molecule has 0 radical (unpaired) electrons. The monoisotopic (exact) mass is 474 g/mol. The van der Waals surface area contributed by atoms with Crippen molar-refractivity contribution in [1.82, 2.24) is 0 Å². The fourth-order valence-electron chi connectivity index (χ4n) is 5.21. The minimum Gasteiger partial charge on any atom is -0.0652 e. The van der Waals surface area contributed by atoms with Gasteiger partial charge in [0.15, 0.2) is 0 Å². The molecule has 31 heavy (non-hydrogen) atoms. The summed E-state index contributed by atoms with van der Waals surface area (Å²) >= 11 is 0. The average Bonchev–Trinajstić information content (AvgIpc) is 2.78. The number of hydrogen-bond donors (Lipinski definition) is 0. The molecule has 0 spiro atoms. The smallest absolute Gasteiger partial charge is 0.0594 e. The van der Waals surface area contributed by atoms with E-state index < -0.39 is 14.5 Å². The van der Waals surface area contributed by atoms with Crippen molar-refractivity contribution in [2.75, 3.05) is 49.8 Å². The van der Waals surface area contributed by atoms with Gasteiger partial charge < -0.3 is 0 Å². The topological polar surface area (TPSA) is 0 Å². The van der Waals surface area contributed by atoms with E-state index >= 15 is 0 Å². The highest BCUT2D eigenvalue weighted by atomic mass is 31.2. The molecule has 0 aliphatic carbocycles. The Morgan fingerprint density at radius 3 is 0.968 bits per heavy atom. The lowest BCUT2D eigenvalue weighted by atomic mass is 10.1. The molecule has 0 aromatic rings. The molecule has 0 nitrogen and oxygen atoms in total. The van der Waals surface area contributed by atoms with Crippen LogP contribution in [-0.4, -0.2) is 49.8 Å². The van der Waals surface area contributed by atoms with Crippen LogP contribution in [0.15, 0.2) is 0 Å². The van der Waals surface area contributed by atoms with Crippen LogP contribution >= 0.6 is 14.5 Å². The molecule has 0 N–H and O–H groups in total. The van der Waals surface area contributed by atoms with Crippen molar-refractivity contribution in [2.24, 2.45) is 0 Å². The Labute approximate surface area is 201 Å². The fourth-order valence-corrected chi connectivity index (χ4v) is 14.2. The summed E-state index contributed by atoms with van der Waals surface area (Å²) < 4.78 is 0. The van der Waals surface area contributed by atoms with Crippen molar-refractivity contribution in [1.29, 1.82) is 0 Å². The van der Waals surface area contributed by atoms with E-state index in [4.69, 9.17) is 0 Å². The Morgan fingerprint density at radius 1 is 0.323 bits per heavy atom. The maximum absolute atomic E-state index is 2.70. The highest BCUT2D eigenvalue weighted by Gasteiger charge is 2.34. The molecular weight excluding hydrogens is 410 g/mol. The van der Waals surface area contributed by atoms with Gasteiger partial charge in [-0.1, -0.05) is 79.6 Å². The quantitative estimate of drug-likeness (QED) is 0.0963. The van der Waals surface area contributed by atoms with Crippen LogP contribution in [0, 0.1) is 0 Å². The van der Waals surface area contributed by atoms with Crippen molar-refractivity contribution in [2.45, 2.75) is 137 Å². The summed E-state index contributed by atoms with van der Waals surface area (Å²) in [5.41, 5.74) is 0. The molecule has 0 unspecified atom stereocenters. The van der Waals surface area contributed by atoms with E-state index in [9.17, 15) is 0 Å². The van der Waals surface area contributed by atoms with E-state index in [-0.39, 0.29) is 0 Å².